The van der Waals surface area contributed by atoms with Gasteiger partial charge in [-0.25, -0.2) is 9.97 Å². The topological polar surface area (TPSA) is 115 Å². The summed E-state index contributed by atoms with van der Waals surface area (Å²) in [7, 11) is 0. The van der Waals surface area contributed by atoms with E-state index in [1.165, 1.54) is 6.33 Å². The highest BCUT2D eigenvalue weighted by atomic mass is 16.5. The van der Waals surface area contributed by atoms with Gasteiger partial charge in [0.05, 0.1) is 17.1 Å². The van der Waals surface area contributed by atoms with E-state index in [1.54, 1.807) is 0 Å². The van der Waals surface area contributed by atoms with Gasteiger partial charge in [0.15, 0.2) is 0 Å². The van der Waals surface area contributed by atoms with Crippen LogP contribution in [0.15, 0.2) is 10.9 Å². The molecule has 0 spiro atoms. The van der Waals surface area contributed by atoms with Crippen molar-refractivity contribution in [2.24, 2.45) is 0 Å². The van der Waals surface area contributed by atoms with Crippen LogP contribution in [0.25, 0.3) is 22.3 Å². The van der Waals surface area contributed by atoms with E-state index < -0.39 is 6.10 Å². The maximum Gasteiger partial charge on any atom is 0.146 e. The molecule has 4 N–H and O–H groups in total. The Bertz CT molecular complexity index is 1040. The van der Waals surface area contributed by atoms with Crippen LogP contribution in [-0.4, -0.2) is 37.9 Å². The Balaban J connectivity index is 1.69. The smallest absolute Gasteiger partial charge is 0.146 e. The second-order valence-electron chi connectivity index (χ2n) is 7.93. The summed E-state index contributed by atoms with van der Waals surface area (Å²) in [5.74, 6) is 1.70. The number of aromatic nitrogens is 4. The molecule has 140 valence electrons. The Morgan fingerprint density at radius 1 is 1.22 bits per heavy atom. The summed E-state index contributed by atoms with van der Waals surface area (Å²) in [5, 5.41) is 19.6. The fourth-order valence-corrected chi connectivity index (χ4v) is 4.83. The number of nitrogens with one attached hydrogen (secondary N) is 1. The summed E-state index contributed by atoms with van der Waals surface area (Å²) in [6.45, 7) is 1.89. The van der Waals surface area contributed by atoms with Crippen LogP contribution in [0.4, 0.5) is 5.82 Å². The molecular formula is C19H22N6O2. The van der Waals surface area contributed by atoms with E-state index >= 15 is 0 Å². The molecular weight excluding hydrogens is 344 g/mol. The van der Waals surface area contributed by atoms with E-state index in [1.807, 2.05) is 0 Å². The monoisotopic (exact) mass is 366 g/mol. The van der Waals surface area contributed by atoms with Gasteiger partial charge in [0.2, 0.25) is 0 Å². The van der Waals surface area contributed by atoms with Crippen LogP contribution in [-0.2, 0) is 6.42 Å². The third kappa shape index (κ3) is 2.14. The van der Waals surface area contributed by atoms with Gasteiger partial charge < -0.3 is 25.2 Å². The van der Waals surface area contributed by atoms with Gasteiger partial charge in [-0.1, -0.05) is 5.16 Å². The molecule has 27 heavy (non-hydrogen) atoms. The predicted molar refractivity (Wildman–Crippen MR) is 99.2 cm³/mol. The van der Waals surface area contributed by atoms with Gasteiger partial charge in [0, 0.05) is 29.8 Å². The van der Waals surface area contributed by atoms with Crippen molar-refractivity contribution >= 4 is 16.9 Å². The van der Waals surface area contributed by atoms with Crippen LogP contribution in [0.2, 0.25) is 0 Å². The van der Waals surface area contributed by atoms with Crippen LogP contribution >= 0.6 is 0 Å². The Kier molecular flexibility index (Phi) is 3.19. The molecule has 0 bridgehead atoms. The number of aliphatic hydroxyl groups is 1. The lowest BCUT2D eigenvalue weighted by molar-refractivity contribution is 0.165. The lowest BCUT2D eigenvalue weighted by atomic mass is 10.0. The molecule has 8 nitrogen and oxygen atoms in total. The molecule has 0 amide bonds. The number of nitrogen functional groups attached to an aromatic ring is 1. The first-order valence-electron chi connectivity index (χ1n) is 9.76. The maximum absolute atomic E-state index is 10.9. The minimum Gasteiger partial charge on any atom is -0.388 e. The van der Waals surface area contributed by atoms with Gasteiger partial charge in [-0.2, -0.15) is 0 Å². The number of nitrogens with zero attached hydrogens (tertiary/aromatic N) is 4. The average Bonchev–Trinajstić information content (AvgIpc) is 3.11. The SMILES string of the molecule is Nc1ncnc2c1c1c(n2C2CCNC2)CC[C@H](O)c2c-1noc2C1CC1. The highest BCUT2D eigenvalue weighted by Gasteiger charge is 2.39. The minimum atomic E-state index is -0.565. The van der Waals surface area contributed by atoms with Crippen molar-refractivity contribution in [2.45, 2.75) is 50.2 Å². The van der Waals surface area contributed by atoms with E-state index in [9.17, 15) is 5.11 Å². The zero-order chi connectivity index (χ0) is 18.1. The standard InChI is InChI=1S/C19H22N6O2/c20-18-15-13-11(25(10-5-6-21-7-10)19(15)23-8-22-18)3-4-12(26)14-16(13)24-27-17(14)9-1-2-9/h8-10,12,21,26H,1-7H2,(H2,20,22,23)/t10?,12-/m0/s1. The Morgan fingerprint density at radius 2 is 2.11 bits per heavy atom. The molecule has 2 fully saturated rings. The number of rotatable bonds is 2. The Morgan fingerprint density at radius 3 is 2.89 bits per heavy atom. The number of anilines is 1. The number of hydrogen-bond donors (Lipinski definition) is 3. The third-order valence-corrected chi connectivity index (χ3v) is 6.24. The molecule has 1 saturated heterocycles. The van der Waals surface area contributed by atoms with Crippen molar-refractivity contribution in [1.29, 1.82) is 0 Å². The summed E-state index contributed by atoms with van der Waals surface area (Å²) in [5.41, 5.74) is 10.8. The summed E-state index contributed by atoms with van der Waals surface area (Å²) < 4.78 is 8.04. The second-order valence-corrected chi connectivity index (χ2v) is 7.93. The zero-order valence-corrected chi connectivity index (χ0v) is 15.0. The molecule has 1 aliphatic heterocycles. The van der Waals surface area contributed by atoms with Gasteiger partial charge in [-0.05, 0) is 38.6 Å². The molecule has 3 aromatic rings. The van der Waals surface area contributed by atoms with Crippen molar-refractivity contribution in [1.82, 2.24) is 25.0 Å². The van der Waals surface area contributed by atoms with Crippen molar-refractivity contribution in [2.75, 3.05) is 18.8 Å². The molecule has 4 heterocycles. The number of aliphatic hydroxyl groups excluding tert-OH is 1. The molecule has 3 aliphatic rings. The lowest BCUT2D eigenvalue weighted by Crippen LogP contribution is -2.16. The fourth-order valence-electron chi connectivity index (χ4n) is 4.83. The second kappa shape index (κ2) is 5.53. The molecule has 0 aromatic carbocycles. The summed E-state index contributed by atoms with van der Waals surface area (Å²) >= 11 is 0. The molecule has 2 aliphatic carbocycles. The van der Waals surface area contributed by atoms with Gasteiger partial charge in [0.1, 0.15) is 29.2 Å². The molecule has 6 rings (SSSR count). The fraction of sp³-hybridized carbons (Fsp3) is 0.526. The Labute approximate surface area is 155 Å². The highest BCUT2D eigenvalue weighted by Crippen LogP contribution is 2.50. The van der Waals surface area contributed by atoms with Crippen LogP contribution in [0, 0.1) is 0 Å². The molecule has 1 saturated carbocycles. The van der Waals surface area contributed by atoms with Crippen LogP contribution < -0.4 is 11.1 Å². The van der Waals surface area contributed by atoms with E-state index in [-0.39, 0.29) is 0 Å². The summed E-state index contributed by atoms with van der Waals surface area (Å²) in [6, 6.07) is 0.319. The largest absolute Gasteiger partial charge is 0.388 e. The van der Waals surface area contributed by atoms with Gasteiger partial charge in [0.25, 0.3) is 0 Å². The third-order valence-electron chi connectivity index (χ3n) is 6.24. The molecule has 1 unspecified atom stereocenters. The molecule has 8 heteroatoms. The lowest BCUT2D eigenvalue weighted by Gasteiger charge is -2.17. The zero-order valence-electron chi connectivity index (χ0n) is 15.0. The van der Waals surface area contributed by atoms with Gasteiger partial charge in [-0.3, -0.25) is 0 Å². The van der Waals surface area contributed by atoms with E-state index in [2.05, 4.69) is 25.0 Å². The first kappa shape index (κ1) is 15.6. The van der Waals surface area contributed by atoms with Crippen LogP contribution in [0.5, 0.6) is 0 Å². The van der Waals surface area contributed by atoms with Gasteiger partial charge >= 0.3 is 0 Å². The Hall–Kier alpha value is -2.45. The normalized spacial score (nSPS) is 24.8. The van der Waals surface area contributed by atoms with Gasteiger partial charge in [-0.15, -0.1) is 0 Å². The number of fused-ring (bicyclic) bond motifs is 5. The van der Waals surface area contributed by atoms with Crippen molar-refractivity contribution in [3.05, 3.63) is 23.3 Å². The quantitative estimate of drug-likeness (QED) is 0.636. The summed E-state index contributed by atoms with van der Waals surface area (Å²) in [4.78, 5) is 8.84. The van der Waals surface area contributed by atoms with Crippen molar-refractivity contribution < 1.29 is 9.63 Å². The number of nitrogens with two attached hydrogens (primary N) is 1. The first-order chi connectivity index (χ1) is 13.2. The molecule has 0 radical (unpaired) electrons. The maximum atomic E-state index is 10.9. The van der Waals surface area contributed by atoms with E-state index in [0.717, 1.165) is 78.1 Å². The first-order valence-corrected chi connectivity index (χ1v) is 9.76. The van der Waals surface area contributed by atoms with Crippen LogP contribution in [0.3, 0.4) is 0 Å². The van der Waals surface area contributed by atoms with Crippen molar-refractivity contribution in [3.63, 3.8) is 0 Å². The van der Waals surface area contributed by atoms with Crippen molar-refractivity contribution in [3.8, 4) is 11.3 Å². The predicted octanol–water partition coefficient (Wildman–Crippen LogP) is 2.06. The minimum absolute atomic E-state index is 0.319. The number of hydrogen-bond acceptors (Lipinski definition) is 7. The summed E-state index contributed by atoms with van der Waals surface area (Å²) in [6.07, 6.45) is 5.61. The van der Waals surface area contributed by atoms with E-state index in [0.29, 0.717) is 24.2 Å². The van der Waals surface area contributed by atoms with Crippen LogP contribution in [0.1, 0.15) is 60.8 Å². The average molecular weight is 366 g/mol. The van der Waals surface area contributed by atoms with E-state index in [4.69, 9.17) is 10.3 Å². The highest BCUT2D eigenvalue weighted by molar-refractivity contribution is 6.02. The molecule has 2 atom stereocenters. The molecule has 3 aromatic heterocycles.